The van der Waals surface area contributed by atoms with Crippen molar-refractivity contribution in [3.05, 3.63) is 59.3 Å². The van der Waals surface area contributed by atoms with Crippen molar-refractivity contribution < 1.29 is 9.53 Å². The Labute approximate surface area is 122 Å². The first-order valence-electron chi connectivity index (χ1n) is 6.15. The maximum Gasteiger partial charge on any atom is 0.251 e. The Balaban J connectivity index is 1.97. The van der Waals surface area contributed by atoms with E-state index in [4.69, 9.17) is 16.3 Å². The molecule has 2 rings (SSSR count). The molecule has 0 aliphatic rings. The van der Waals surface area contributed by atoms with Gasteiger partial charge in [-0.25, -0.2) is 4.98 Å². The monoisotopic (exact) mass is 290 g/mol. The predicted octanol–water partition coefficient (Wildman–Crippen LogP) is 2.76. The Morgan fingerprint density at radius 1 is 1.30 bits per heavy atom. The molecule has 1 N–H and O–H groups in total. The fourth-order valence-corrected chi connectivity index (χ4v) is 1.88. The van der Waals surface area contributed by atoms with Gasteiger partial charge < -0.3 is 10.1 Å². The lowest BCUT2D eigenvalue weighted by molar-refractivity contribution is 0.0951. The molecule has 1 amide bonds. The second-order valence-electron chi connectivity index (χ2n) is 4.23. The highest BCUT2D eigenvalue weighted by Gasteiger charge is 2.06. The van der Waals surface area contributed by atoms with Gasteiger partial charge in [-0.1, -0.05) is 18.2 Å². The van der Waals surface area contributed by atoms with Crippen molar-refractivity contribution >= 4 is 17.5 Å². The summed E-state index contributed by atoms with van der Waals surface area (Å²) in [7, 11) is 1.56. The van der Waals surface area contributed by atoms with Crippen molar-refractivity contribution in [1.29, 1.82) is 0 Å². The van der Waals surface area contributed by atoms with Crippen molar-refractivity contribution in [2.75, 3.05) is 7.11 Å². The van der Waals surface area contributed by atoms with Crippen molar-refractivity contribution in [2.24, 2.45) is 0 Å². The Bertz CT molecular complexity index is 585. The average molecular weight is 291 g/mol. The summed E-state index contributed by atoms with van der Waals surface area (Å²) in [5.41, 5.74) is 2.43. The highest BCUT2D eigenvalue weighted by atomic mass is 35.5. The van der Waals surface area contributed by atoms with Gasteiger partial charge >= 0.3 is 0 Å². The van der Waals surface area contributed by atoms with E-state index in [0.717, 1.165) is 11.1 Å². The second kappa shape index (κ2) is 6.91. The van der Waals surface area contributed by atoms with Crippen LogP contribution in [0.5, 0.6) is 5.88 Å². The van der Waals surface area contributed by atoms with E-state index in [1.54, 1.807) is 31.5 Å². The molecule has 4 nitrogen and oxygen atoms in total. The van der Waals surface area contributed by atoms with E-state index < -0.39 is 0 Å². The summed E-state index contributed by atoms with van der Waals surface area (Å²) < 4.78 is 4.98. The lowest BCUT2D eigenvalue weighted by Crippen LogP contribution is -2.22. The van der Waals surface area contributed by atoms with Gasteiger partial charge in [0.15, 0.2) is 0 Å². The lowest BCUT2D eigenvalue weighted by Gasteiger charge is -2.06. The van der Waals surface area contributed by atoms with Gasteiger partial charge in [0.1, 0.15) is 0 Å². The van der Waals surface area contributed by atoms with Crippen molar-refractivity contribution in [3.63, 3.8) is 0 Å². The molecule has 0 unspecified atom stereocenters. The molecule has 20 heavy (non-hydrogen) atoms. The summed E-state index contributed by atoms with van der Waals surface area (Å²) in [6.07, 6.45) is 1.67. The van der Waals surface area contributed by atoms with E-state index in [0.29, 0.717) is 23.9 Å². The second-order valence-corrected chi connectivity index (χ2v) is 4.49. The SMILES string of the molecule is COc1ccc(CNC(=O)c2cccc(CCl)c2)cn1. The number of nitrogens with one attached hydrogen (secondary N) is 1. The van der Waals surface area contributed by atoms with Crippen LogP contribution in [0.25, 0.3) is 0 Å². The minimum absolute atomic E-state index is 0.132. The molecule has 0 saturated heterocycles. The van der Waals surface area contributed by atoms with E-state index in [9.17, 15) is 4.79 Å². The summed E-state index contributed by atoms with van der Waals surface area (Å²) in [4.78, 5) is 16.1. The zero-order valence-corrected chi connectivity index (χ0v) is 11.9. The first kappa shape index (κ1) is 14.3. The summed E-state index contributed by atoms with van der Waals surface area (Å²) >= 11 is 5.75. The molecule has 0 fully saturated rings. The molecule has 104 valence electrons. The first-order valence-corrected chi connectivity index (χ1v) is 6.68. The maximum absolute atomic E-state index is 12.0. The molecule has 5 heteroatoms. The fraction of sp³-hybridized carbons (Fsp3) is 0.200. The van der Waals surface area contributed by atoms with E-state index in [-0.39, 0.29) is 5.91 Å². The van der Waals surface area contributed by atoms with Crippen LogP contribution in [0.1, 0.15) is 21.5 Å². The quantitative estimate of drug-likeness (QED) is 0.862. The lowest BCUT2D eigenvalue weighted by atomic mass is 10.1. The largest absolute Gasteiger partial charge is 0.481 e. The third-order valence-electron chi connectivity index (χ3n) is 2.80. The van der Waals surface area contributed by atoms with Crippen LogP contribution in [-0.2, 0) is 12.4 Å². The number of benzene rings is 1. The molecule has 1 aromatic heterocycles. The molecule has 0 aliphatic heterocycles. The summed E-state index contributed by atoms with van der Waals surface area (Å²) in [6.45, 7) is 0.418. The van der Waals surface area contributed by atoms with Crippen LogP contribution < -0.4 is 10.1 Å². The average Bonchev–Trinajstić information content (AvgIpc) is 2.53. The molecule has 1 aromatic carbocycles. The Morgan fingerprint density at radius 3 is 2.80 bits per heavy atom. The minimum atomic E-state index is -0.132. The number of methoxy groups -OCH3 is 1. The van der Waals surface area contributed by atoms with Crippen LogP contribution in [-0.4, -0.2) is 18.0 Å². The normalized spacial score (nSPS) is 10.1. The predicted molar refractivity (Wildman–Crippen MR) is 78.0 cm³/mol. The standard InChI is InChI=1S/C15H15ClN2O2/c1-20-14-6-5-12(9-17-14)10-18-15(19)13-4-2-3-11(7-13)8-16/h2-7,9H,8,10H2,1H3,(H,18,19). The number of amides is 1. The van der Waals surface area contributed by atoms with Crippen LogP contribution in [0, 0.1) is 0 Å². The van der Waals surface area contributed by atoms with Crippen molar-refractivity contribution in [2.45, 2.75) is 12.4 Å². The first-order chi connectivity index (χ1) is 9.72. The molecule has 2 aromatic rings. The maximum atomic E-state index is 12.0. The van der Waals surface area contributed by atoms with E-state index in [1.807, 2.05) is 18.2 Å². The van der Waals surface area contributed by atoms with Gasteiger partial charge in [0.05, 0.1) is 7.11 Å². The Morgan fingerprint density at radius 2 is 2.15 bits per heavy atom. The van der Waals surface area contributed by atoms with Gasteiger partial charge in [-0.05, 0) is 23.3 Å². The number of pyridine rings is 1. The van der Waals surface area contributed by atoms with Gasteiger partial charge in [-0.2, -0.15) is 0 Å². The number of hydrogen-bond donors (Lipinski definition) is 1. The van der Waals surface area contributed by atoms with Crippen LogP contribution in [0.15, 0.2) is 42.6 Å². The van der Waals surface area contributed by atoms with Crippen molar-refractivity contribution in [1.82, 2.24) is 10.3 Å². The molecule has 0 atom stereocenters. The highest BCUT2D eigenvalue weighted by Crippen LogP contribution is 2.09. The molecular formula is C15H15ClN2O2. The molecule has 0 spiro atoms. The Hall–Kier alpha value is -2.07. The summed E-state index contributed by atoms with van der Waals surface area (Å²) in [6, 6.07) is 10.9. The van der Waals surface area contributed by atoms with Crippen LogP contribution >= 0.6 is 11.6 Å². The number of aromatic nitrogens is 1. The molecule has 1 heterocycles. The molecule has 0 saturated carbocycles. The van der Waals surface area contributed by atoms with Gasteiger partial charge in [0.2, 0.25) is 5.88 Å². The number of nitrogens with zero attached hydrogens (tertiary/aromatic N) is 1. The third-order valence-corrected chi connectivity index (χ3v) is 3.11. The highest BCUT2D eigenvalue weighted by molar-refractivity contribution is 6.17. The number of halogens is 1. The molecule has 0 bridgehead atoms. The van der Waals surface area contributed by atoms with Gasteiger partial charge in [0.25, 0.3) is 5.91 Å². The Kier molecular flexibility index (Phi) is 4.96. The smallest absolute Gasteiger partial charge is 0.251 e. The van der Waals surface area contributed by atoms with E-state index in [1.165, 1.54) is 0 Å². The molecule has 0 radical (unpaired) electrons. The van der Waals surface area contributed by atoms with Crippen molar-refractivity contribution in [3.8, 4) is 5.88 Å². The number of rotatable bonds is 5. The number of alkyl halides is 1. The zero-order chi connectivity index (χ0) is 14.4. The summed E-state index contributed by atoms with van der Waals surface area (Å²) in [5, 5.41) is 2.84. The van der Waals surface area contributed by atoms with Gasteiger partial charge in [-0.15, -0.1) is 11.6 Å². The number of carbonyl (C=O) groups is 1. The van der Waals surface area contributed by atoms with E-state index >= 15 is 0 Å². The fourth-order valence-electron chi connectivity index (χ4n) is 1.72. The number of ether oxygens (including phenoxy) is 1. The summed E-state index contributed by atoms with van der Waals surface area (Å²) in [5.74, 6) is 0.812. The van der Waals surface area contributed by atoms with Gasteiger partial charge in [-0.3, -0.25) is 4.79 Å². The van der Waals surface area contributed by atoms with E-state index in [2.05, 4.69) is 10.3 Å². The third kappa shape index (κ3) is 3.71. The van der Waals surface area contributed by atoms with Gasteiger partial charge in [0, 0.05) is 30.3 Å². The molecular weight excluding hydrogens is 276 g/mol. The number of carbonyl (C=O) groups excluding carboxylic acids is 1. The topological polar surface area (TPSA) is 51.2 Å². The molecule has 0 aliphatic carbocycles. The minimum Gasteiger partial charge on any atom is -0.481 e. The zero-order valence-electron chi connectivity index (χ0n) is 11.1. The van der Waals surface area contributed by atoms with Crippen LogP contribution in [0.4, 0.5) is 0 Å². The number of hydrogen-bond acceptors (Lipinski definition) is 3. The van der Waals surface area contributed by atoms with Crippen LogP contribution in [0.3, 0.4) is 0 Å². The van der Waals surface area contributed by atoms with Crippen LogP contribution in [0.2, 0.25) is 0 Å².